The predicted molar refractivity (Wildman–Crippen MR) is 203 cm³/mol. The van der Waals surface area contributed by atoms with E-state index in [1.54, 1.807) is 0 Å². The molecule has 3 aromatic rings. The van der Waals surface area contributed by atoms with Crippen molar-refractivity contribution >= 4 is 50.4 Å². The Balaban J connectivity index is 0.00000325. The normalized spacial score (nSPS) is 13.4. The van der Waals surface area contributed by atoms with Gasteiger partial charge in [-0.15, -0.1) is 22.1 Å². The average molecular weight is 817 g/mol. The number of nitrogens with zero attached hydrogens (tertiary/aromatic N) is 5. The van der Waals surface area contributed by atoms with Gasteiger partial charge in [0.2, 0.25) is 0 Å². The topological polar surface area (TPSA) is 54.0 Å². The van der Waals surface area contributed by atoms with Crippen LogP contribution in [0.3, 0.4) is 0 Å². The largest absolute Gasteiger partial charge is 2.00 e. The fourth-order valence-electron chi connectivity index (χ4n) is 7.69. The first-order valence-electron chi connectivity index (χ1n) is 18.2. The molecule has 49 heavy (non-hydrogen) atoms. The summed E-state index contributed by atoms with van der Waals surface area (Å²) in [6.07, 6.45) is 12.1. The summed E-state index contributed by atoms with van der Waals surface area (Å²) in [5.41, 5.74) is 20.2. The third-order valence-corrected chi connectivity index (χ3v) is 9.93. The van der Waals surface area contributed by atoms with Crippen molar-refractivity contribution in [3.05, 3.63) is 74.9 Å². The zero-order valence-electron chi connectivity index (χ0n) is 31.7. The third kappa shape index (κ3) is 7.89. The number of likely N-dealkylation sites (N-methyl/N-ethyl adjacent to an activating group) is 1. The first kappa shape index (κ1) is 40.9. The van der Waals surface area contributed by atoms with E-state index >= 15 is 0 Å². The molecule has 2 aliphatic rings. The molecule has 0 amide bonds. The van der Waals surface area contributed by atoms with Crippen LogP contribution in [0, 0.1) is 0 Å². The minimum absolute atomic E-state index is 0. The van der Waals surface area contributed by atoms with Crippen LogP contribution >= 0.6 is 0 Å². The van der Waals surface area contributed by atoms with Gasteiger partial charge in [-0.3, -0.25) is 0 Å². The molecule has 0 aromatic carbocycles. The van der Waals surface area contributed by atoms with E-state index in [1.807, 2.05) is 0 Å². The van der Waals surface area contributed by atoms with Crippen molar-refractivity contribution in [2.24, 2.45) is 0 Å². The molecule has 0 N–H and O–H groups in total. The van der Waals surface area contributed by atoms with Gasteiger partial charge in [0.1, 0.15) is 0 Å². The van der Waals surface area contributed by atoms with Crippen molar-refractivity contribution in [3.63, 3.8) is 0 Å². The SMILES string of the molecule is CCC1=C(CC)c2cc3[n-]c(c(/C=C/C[N+](C)(C)C)c4nc(cc5[n-]c(cc1n2)c(CC)c5CC)C(CC)=C4CC)c(CC)c3CC.[I-].[Ni+2]. The van der Waals surface area contributed by atoms with Gasteiger partial charge in [0.05, 0.1) is 50.5 Å². The van der Waals surface area contributed by atoms with Gasteiger partial charge in [0.25, 0.3) is 0 Å². The van der Waals surface area contributed by atoms with Gasteiger partial charge in [-0.05, 0) is 85.3 Å². The fourth-order valence-corrected chi connectivity index (χ4v) is 7.69. The molecule has 8 bridgehead atoms. The molecule has 0 atom stereocenters. The summed E-state index contributed by atoms with van der Waals surface area (Å²) in [6.45, 7) is 19.0. The van der Waals surface area contributed by atoms with Crippen LogP contribution in [0.4, 0.5) is 0 Å². The summed E-state index contributed by atoms with van der Waals surface area (Å²) < 4.78 is 0.860. The summed E-state index contributed by atoms with van der Waals surface area (Å²) in [6, 6.07) is 6.80. The van der Waals surface area contributed by atoms with Crippen LogP contribution in [-0.2, 0) is 42.2 Å². The molecule has 0 aliphatic carbocycles. The van der Waals surface area contributed by atoms with Crippen molar-refractivity contribution in [2.45, 2.75) is 107 Å². The smallest absolute Gasteiger partial charge is 1.00 e. The average Bonchev–Trinajstić information content (AvgIpc) is 3.77. The minimum Gasteiger partial charge on any atom is -1.00 e. The number of aromatic nitrogens is 4. The Hall–Kier alpha value is -2.48. The second-order valence-corrected chi connectivity index (χ2v) is 13.8. The molecule has 5 rings (SSSR count). The summed E-state index contributed by atoms with van der Waals surface area (Å²) in [7, 11) is 6.71. The Morgan fingerprint density at radius 3 is 1.39 bits per heavy atom. The predicted octanol–water partition coefficient (Wildman–Crippen LogP) is 7.01. The molecular weight excluding hydrogens is 760 g/mol. The number of hydrogen-bond donors (Lipinski definition) is 0. The van der Waals surface area contributed by atoms with Crippen LogP contribution in [0.5, 0.6) is 0 Å². The van der Waals surface area contributed by atoms with Crippen molar-refractivity contribution in [3.8, 4) is 0 Å². The van der Waals surface area contributed by atoms with Crippen molar-refractivity contribution in [1.29, 1.82) is 0 Å². The minimum atomic E-state index is 0. The maximum Gasteiger partial charge on any atom is 2.00 e. The molecule has 5 nitrogen and oxygen atoms in total. The number of aryl methyl sites for hydroxylation is 4. The summed E-state index contributed by atoms with van der Waals surface area (Å²) >= 11 is 0. The van der Waals surface area contributed by atoms with E-state index in [0.717, 1.165) is 113 Å². The number of rotatable bonds is 11. The molecule has 5 heterocycles. The Kier molecular flexibility index (Phi) is 14.3. The molecule has 2 aliphatic heterocycles. The maximum absolute atomic E-state index is 5.51. The van der Waals surface area contributed by atoms with Crippen LogP contribution in [0.25, 0.3) is 50.4 Å². The van der Waals surface area contributed by atoms with Gasteiger partial charge in [-0.2, -0.15) is 0 Å². The Morgan fingerprint density at radius 2 is 0.959 bits per heavy atom. The summed E-state index contributed by atoms with van der Waals surface area (Å²) in [4.78, 5) is 21.7. The Labute approximate surface area is 322 Å². The van der Waals surface area contributed by atoms with Crippen LogP contribution in [0.1, 0.15) is 132 Å². The number of halogens is 1. The molecule has 0 unspecified atom stereocenters. The van der Waals surface area contributed by atoms with Crippen molar-refractivity contribution in [2.75, 3.05) is 27.7 Å². The number of allylic oxidation sites excluding steroid dienone is 4. The molecular formula is C42H56IN5Ni. The van der Waals surface area contributed by atoms with E-state index in [4.69, 9.17) is 19.9 Å². The van der Waals surface area contributed by atoms with E-state index in [0.29, 0.717) is 0 Å². The van der Waals surface area contributed by atoms with E-state index in [-0.39, 0.29) is 40.5 Å². The molecule has 3 aromatic heterocycles. The molecule has 0 radical (unpaired) electrons. The van der Waals surface area contributed by atoms with Gasteiger partial charge in [-0.1, -0.05) is 102 Å². The molecule has 7 heteroatoms. The third-order valence-electron chi connectivity index (χ3n) is 9.93. The Bertz CT molecular complexity index is 1930. The fraction of sp³-hybridized carbons (Fsp3) is 0.476. The number of hydrogen-bond acceptors (Lipinski definition) is 2. The van der Waals surface area contributed by atoms with Crippen molar-refractivity contribution in [1.82, 2.24) is 19.9 Å². The first-order valence-corrected chi connectivity index (χ1v) is 18.2. The monoisotopic (exact) mass is 815 g/mol. The van der Waals surface area contributed by atoms with E-state index in [9.17, 15) is 0 Å². The second-order valence-electron chi connectivity index (χ2n) is 13.8. The molecule has 0 saturated carbocycles. The zero-order valence-corrected chi connectivity index (χ0v) is 34.8. The van der Waals surface area contributed by atoms with E-state index in [2.05, 4.69) is 107 Å². The van der Waals surface area contributed by atoms with Gasteiger partial charge >= 0.3 is 16.5 Å². The first-order chi connectivity index (χ1) is 22.6. The van der Waals surface area contributed by atoms with Gasteiger partial charge in [-0.25, -0.2) is 9.97 Å². The summed E-state index contributed by atoms with van der Waals surface area (Å²) in [5.74, 6) is 0. The summed E-state index contributed by atoms with van der Waals surface area (Å²) in [5, 5.41) is 0. The molecule has 0 saturated heterocycles. The van der Waals surface area contributed by atoms with E-state index in [1.165, 1.54) is 44.5 Å². The molecule has 0 spiro atoms. The Morgan fingerprint density at radius 1 is 0.551 bits per heavy atom. The maximum atomic E-state index is 5.51. The second kappa shape index (κ2) is 17.2. The van der Waals surface area contributed by atoms with E-state index < -0.39 is 0 Å². The quantitative estimate of drug-likeness (QED) is 0.119. The van der Waals surface area contributed by atoms with Crippen LogP contribution in [0.15, 0.2) is 24.3 Å². The van der Waals surface area contributed by atoms with Crippen LogP contribution in [-0.4, -0.2) is 42.1 Å². The van der Waals surface area contributed by atoms with Gasteiger partial charge in [0.15, 0.2) is 0 Å². The van der Waals surface area contributed by atoms with Crippen LogP contribution in [0.2, 0.25) is 0 Å². The van der Waals surface area contributed by atoms with Gasteiger partial charge in [0, 0.05) is 0 Å². The van der Waals surface area contributed by atoms with Crippen LogP contribution < -0.4 is 33.9 Å². The number of fused-ring (bicyclic) bond motifs is 8. The van der Waals surface area contributed by atoms with Gasteiger partial charge < -0.3 is 38.4 Å². The molecule has 0 fully saturated rings. The standard InChI is InChI=1S/C42H56N5.HI.Ni/c1-12-26-28(14-3)37-24-39-30(16-5)32(18-7)41(45-39)34(21-20-22-47(9,10)11)42-33(19-8)31(17-6)40(46-42)25-38-29(15-4)27(13-2)36(44-38)23-35(26)43-37;;/h20-21,23-25H,12-19,22H2,1-11H3;1H;/q-1;;+2/p-1/b21-20+,35-23?,36-23?,37-24?,38-25?,39-24?,40-25?,41-34?,42-34?;;. The number of quaternary nitrogens is 1. The molecule has 266 valence electrons. The van der Waals surface area contributed by atoms with Crippen molar-refractivity contribution < 1.29 is 45.0 Å². The zero-order chi connectivity index (χ0) is 34.0.